The fraction of sp³-hybridized carbons (Fsp3) is 0.200. The summed E-state index contributed by atoms with van der Waals surface area (Å²) in [5.41, 5.74) is 3.15. The molecular weight excluding hydrogens is 360 g/mol. The molecule has 144 valence electrons. The van der Waals surface area contributed by atoms with Crippen molar-refractivity contribution in [2.75, 3.05) is 12.4 Å². The first-order chi connectivity index (χ1) is 13.4. The molecule has 0 aliphatic rings. The summed E-state index contributed by atoms with van der Waals surface area (Å²) >= 11 is 0. The minimum atomic E-state index is -0.462. The molecule has 0 unspecified atom stereocenters. The van der Waals surface area contributed by atoms with E-state index < -0.39 is 4.92 Å². The van der Waals surface area contributed by atoms with E-state index in [-0.39, 0.29) is 18.0 Å². The number of methoxy groups -OCH3 is 1. The molecule has 0 saturated carbocycles. The van der Waals surface area contributed by atoms with Crippen LogP contribution in [-0.4, -0.2) is 27.7 Å². The van der Waals surface area contributed by atoms with Crippen LogP contribution in [0, 0.1) is 24.0 Å². The average Bonchev–Trinajstić information content (AvgIpc) is 3.03. The summed E-state index contributed by atoms with van der Waals surface area (Å²) in [4.78, 5) is 22.9. The van der Waals surface area contributed by atoms with Gasteiger partial charge in [-0.15, -0.1) is 0 Å². The quantitative estimate of drug-likeness (QED) is 0.520. The highest BCUT2D eigenvalue weighted by Gasteiger charge is 2.13. The summed E-state index contributed by atoms with van der Waals surface area (Å²) in [6.45, 7) is 3.75. The average molecular weight is 380 g/mol. The number of aromatic nitrogens is 2. The van der Waals surface area contributed by atoms with Gasteiger partial charge in [-0.3, -0.25) is 14.9 Å². The highest BCUT2D eigenvalue weighted by atomic mass is 16.6. The molecule has 0 aliphatic heterocycles. The van der Waals surface area contributed by atoms with E-state index in [1.807, 2.05) is 32.0 Å². The topological polar surface area (TPSA) is 99.3 Å². The number of benzene rings is 2. The second-order valence-corrected chi connectivity index (χ2v) is 6.39. The van der Waals surface area contributed by atoms with E-state index in [2.05, 4.69) is 10.4 Å². The third-order valence-corrected chi connectivity index (χ3v) is 4.24. The largest absolute Gasteiger partial charge is 0.496 e. The van der Waals surface area contributed by atoms with Crippen LogP contribution >= 0.6 is 0 Å². The summed E-state index contributed by atoms with van der Waals surface area (Å²) in [5, 5.41) is 18.0. The lowest BCUT2D eigenvalue weighted by atomic mass is 10.1. The number of aryl methyl sites for hydroxylation is 2. The molecule has 2 aromatic carbocycles. The van der Waals surface area contributed by atoms with Crippen molar-refractivity contribution in [2.24, 2.45) is 0 Å². The summed E-state index contributed by atoms with van der Waals surface area (Å²) < 4.78 is 6.85. The predicted molar refractivity (Wildman–Crippen MR) is 105 cm³/mol. The fourth-order valence-corrected chi connectivity index (χ4v) is 2.85. The van der Waals surface area contributed by atoms with Crippen molar-refractivity contribution in [2.45, 2.75) is 20.3 Å². The number of carbonyl (C=O) groups is 1. The maximum Gasteiger partial charge on any atom is 0.269 e. The lowest BCUT2D eigenvalue weighted by Gasteiger charge is -2.10. The zero-order valence-corrected chi connectivity index (χ0v) is 15.8. The number of nitro benzene ring substituents is 1. The van der Waals surface area contributed by atoms with Crippen LogP contribution in [0.5, 0.6) is 5.75 Å². The molecule has 28 heavy (non-hydrogen) atoms. The molecule has 0 spiro atoms. The zero-order chi connectivity index (χ0) is 20.3. The molecule has 1 aromatic heterocycles. The third kappa shape index (κ3) is 4.17. The van der Waals surface area contributed by atoms with Crippen molar-refractivity contribution in [1.82, 2.24) is 9.78 Å². The van der Waals surface area contributed by atoms with Crippen LogP contribution in [0.4, 0.5) is 11.5 Å². The van der Waals surface area contributed by atoms with Gasteiger partial charge in [-0.05, 0) is 43.2 Å². The maximum atomic E-state index is 12.5. The van der Waals surface area contributed by atoms with E-state index in [1.54, 1.807) is 30.0 Å². The van der Waals surface area contributed by atoms with Gasteiger partial charge < -0.3 is 10.1 Å². The monoisotopic (exact) mass is 380 g/mol. The van der Waals surface area contributed by atoms with Gasteiger partial charge in [-0.2, -0.15) is 5.10 Å². The number of hydrogen-bond acceptors (Lipinski definition) is 5. The number of nitro groups is 1. The number of anilines is 1. The van der Waals surface area contributed by atoms with Crippen LogP contribution < -0.4 is 10.1 Å². The summed E-state index contributed by atoms with van der Waals surface area (Å²) in [7, 11) is 1.59. The molecule has 8 nitrogen and oxygen atoms in total. The van der Waals surface area contributed by atoms with Gasteiger partial charge in [0.05, 0.1) is 29.8 Å². The minimum Gasteiger partial charge on any atom is -0.496 e. The Bertz CT molecular complexity index is 1030. The third-order valence-electron chi connectivity index (χ3n) is 4.24. The lowest BCUT2D eigenvalue weighted by molar-refractivity contribution is -0.384. The van der Waals surface area contributed by atoms with E-state index >= 15 is 0 Å². The van der Waals surface area contributed by atoms with E-state index in [1.165, 1.54) is 12.1 Å². The summed E-state index contributed by atoms with van der Waals surface area (Å²) in [6.07, 6.45) is 0.182. The number of hydrogen-bond donors (Lipinski definition) is 1. The number of ether oxygens (including phenoxy) is 1. The van der Waals surface area contributed by atoms with Crippen LogP contribution in [-0.2, 0) is 11.2 Å². The van der Waals surface area contributed by atoms with Crippen molar-refractivity contribution in [3.05, 3.63) is 75.5 Å². The van der Waals surface area contributed by atoms with Crippen LogP contribution in [0.15, 0.2) is 48.5 Å². The standard InChI is InChI=1S/C20H20N4O4/c1-13-4-5-15(11-18(13)28-3)12-20(25)21-19-10-14(2)22-23(19)16-6-8-17(9-7-16)24(26)27/h4-11H,12H2,1-3H3,(H,21,25). The summed E-state index contributed by atoms with van der Waals surface area (Å²) in [5.74, 6) is 1.03. The first-order valence-corrected chi connectivity index (χ1v) is 8.62. The van der Waals surface area contributed by atoms with Crippen molar-refractivity contribution >= 4 is 17.4 Å². The van der Waals surface area contributed by atoms with Gasteiger partial charge in [0.2, 0.25) is 5.91 Å². The van der Waals surface area contributed by atoms with Crippen molar-refractivity contribution in [1.29, 1.82) is 0 Å². The van der Waals surface area contributed by atoms with Crippen LogP contribution in [0.3, 0.4) is 0 Å². The Morgan fingerprint density at radius 2 is 1.89 bits per heavy atom. The van der Waals surface area contributed by atoms with Gasteiger partial charge in [0, 0.05) is 18.2 Å². The molecule has 1 heterocycles. The molecule has 0 radical (unpaired) electrons. The SMILES string of the molecule is COc1cc(CC(=O)Nc2cc(C)nn2-c2ccc([N+](=O)[O-])cc2)ccc1C. The van der Waals surface area contributed by atoms with Crippen LogP contribution in [0.25, 0.3) is 5.69 Å². The van der Waals surface area contributed by atoms with Gasteiger partial charge in [0.15, 0.2) is 0 Å². The van der Waals surface area contributed by atoms with E-state index in [0.717, 1.165) is 16.9 Å². The van der Waals surface area contributed by atoms with Gasteiger partial charge >= 0.3 is 0 Å². The zero-order valence-electron chi connectivity index (χ0n) is 15.8. The number of amides is 1. The molecule has 3 rings (SSSR count). The molecule has 3 aromatic rings. The fourth-order valence-electron chi connectivity index (χ4n) is 2.85. The van der Waals surface area contributed by atoms with Crippen LogP contribution in [0.1, 0.15) is 16.8 Å². The Hall–Kier alpha value is -3.68. The molecule has 0 atom stereocenters. The first kappa shape index (κ1) is 19.1. The van der Waals surface area contributed by atoms with Gasteiger partial charge in [0.1, 0.15) is 11.6 Å². The summed E-state index contributed by atoms with van der Waals surface area (Å²) in [6, 6.07) is 13.4. The highest BCUT2D eigenvalue weighted by molar-refractivity contribution is 5.91. The molecule has 0 saturated heterocycles. The van der Waals surface area contributed by atoms with E-state index in [4.69, 9.17) is 4.74 Å². The number of non-ortho nitro benzene ring substituents is 1. The van der Waals surface area contributed by atoms with Gasteiger partial charge in [0.25, 0.3) is 5.69 Å². The Labute approximate surface area is 161 Å². The highest BCUT2D eigenvalue weighted by Crippen LogP contribution is 2.22. The van der Waals surface area contributed by atoms with Gasteiger partial charge in [-0.1, -0.05) is 12.1 Å². The maximum absolute atomic E-state index is 12.5. The number of rotatable bonds is 6. The minimum absolute atomic E-state index is 0.00784. The molecule has 8 heteroatoms. The molecule has 0 aliphatic carbocycles. The van der Waals surface area contributed by atoms with Crippen molar-refractivity contribution in [3.8, 4) is 11.4 Å². The number of nitrogens with zero attached hydrogens (tertiary/aromatic N) is 3. The Kier molecular flexibility index (Phi) is 5.39. The normalized spacial score (nSPS) is 10.5. The lowest BCUT2D eigenvalue weighted by Crippen LogP contribution is -2.17. The number of nitrogens with one attached hydrogen (secondary N) is 1. The first-order valence-electron chi connectivity index (χ1n) is 8.62. The Morgan fingerprint density at radius 3 is 2.54 bits per heavy atom. The number of carbonyl (C=O) groups excluding carboxylic acids is 1. The van der Waals surface area contributed by atoms with Crippen molar-refractivity contribution < 1.29 is 14.5 Å². The second kappa shape index (κ2) is 7.91. The predicted octanol–water partition coefficient (Wildman–Crippen LogP) is 3.59. The molecule has 0 fully saturated rings. The molecule has 1 N–H and O–H groups in total. The molecule has 1 amide bonds. The smallest absolute Gasteiger partial charge is 0.269 e. The van der Waals surface area contributed by atoms with Crippen molar-refractivity contribution in [3.63, 3.8) is 0 Å². The van der Waals surface area contributed by atoms with Crippen LogP contribution in [0.2, 0.25) is 0 Å². The molecule has 0 bridgehead atoms. The Morgan fingerprint density at radius 1 is 1.18 bits per heavy atom. The molecular formula is C20H20N4O4. The van der Waals surface area contributed by atoms with E-state index in [0.29, 0.717) is 17.2 Å². The second-order valence-electron chi connectivity index (χ2n) is 6.39. The van der Waals surface area contributed by atoms with Gasteiger partial charge in [-0.25, -0.2) is 4.68 Å². The Balaban J connectivity index is 1.79. The van der Waals surface area contributed by atoms with E-state index in [9.17, 15) is 14.9 Å².